The first-order chi connectivity index (χ1) is 10.2. The van der Waals surface area contributed by atoms with Gasteiger partial charge in [-0.2, -0.15) is 0 Å². The Kier molecular flexibility index (Phi) is 3.74. The summed E-state index contributed by atoms with van der Waals surface area (Å²) in [4.78, 5) is 2.32. The van der Waals surface area contributed by atoms with E-state index in [0.717, 1.165) is 36.6 Å². The summed E-state index contributed by atoms with van der Waals surface area (Å²) in [5.74, 6) is 1.04. The van der Waals surface area contributed by atoms with Crippen molar-refractivity contribution in [3.8, 4) is 5.75 Å². The van der Waals surface area contributed by atoms with Gasteiger partial charge in [-0.25, -0.2) is 0 Å². The lowest BCUT2D eigenvalue weighted by Gasteiger charge is -2.26. The summed E-state index contributed by atoms with van der Waals surface area (Å²) < 4.78 is 6.07. The molecule has 1 heterocycles. The number of hydrogen-bond donors (Lipinski definition) is 1. The minimum Gasteiger partial charge on any atom is -0.488 e. The predicted octanol–water partition coefficient (Wildman–Crippen LogP) is 3.41. The molecule has 0 amide bonds. The molecular weight excluding hydrogens is 260 g/mol. The third-order valence-corrected chi connectivity index (χ3v) is 4.00. The van der Waals surface area contributed by atoms with Gasteiger partial charge < -0.3 is 15.4 Å². The van der Waals surface area contributed by atoms with Gasteiger partial charge in [0.05, 0.1) is 6.54 Å². The molecule has 0 spiro atoms. The van der Waals surface area contributed by atoms with Gasteiger partial charge in [0.15, 0.2) is 0 Å². The number of hydrogen-bond acceptors (Lipinski definition) is 3. The number of rotatable bonds is 4. The number of fused-ring (bicyclic) bond motifs is 1. The summed E-state index contributed by atoms with van der Waals surface area (Å²) in [6.07, 6.45) is 1.19. The first-order valence-electron chi connectivity index (χ1n) is 7.52. The fourth-order valence-corrected chi connectivity index (χ4v) is 2.94. The van der Waals surface area contributed by atoms with E-state index in [0.29, 0.717) is 0 Å². The molecule has 1 aliphatic heterocycles. The van der Waals surface area contributed by atoms with E-state index in [-0.39, 0.29) is 6.10 Å². The van der Waals surface area contributed by atoms with E-state index in [4.69, 9.17) is 10.5 Å². The Labute approximate surface area is 126 Å². The van der Waals surface area contributed by atoms with Crippen LogP contribution < -0.4 is 15.4 Å². The Morgan fingerprint density at radius 1 is 1.24 bits per heavy atom. The van der Waals surface area contributed by atoms with Gasteiger partial charge in [-0.1, -0.05) is 23.8 Å². The summed E-state index contributed by atoms with van der Waals surface area (Å²) in [7, 11) is 0. The SMILES string of the molecule is CCN(CC1Cc2cc(C)ccc2O1)c1cccc(N)c1. The average Bonchev–Trinajstić information content (AvgIpc) is 2.86. The zero-order valence-corrected chi connectivity index (χ0v) is 12.7. The van der Waals surface area contributed by atoms with E-state index in [1.54, 1.807) is 0 Å². The van der Waals surface area contributed by atoms with Crippen molar-refractivity contribution in [2.24, 2.45) is 0 Å². The van der Waals surface area contributed by atoms with Crippen LogP contribution in [0.25, 0.3) is 0 Å². The van der Waals surface area contributed by atoms with Crippen molar-refractivity contribution in [2.75, 3.05) is 23.7 Å². The molecule has 1 aliphatic rings. The number of nitrogens with zero attached hydrogens (tertiary/aromatic N) is 1. The number of ether oxygens (including phenoxy) is 1. The minimum atomic E-state index is 0.211. The van der Waals surface area contributed by atoms with Crippen molar-refractivity contribution in [2.45, 2.75) is 26.4 Å². The molecule has 0 aliphatic carbocycles. The molecule has 110 valence electrons. The Morgan fingerprint density at radius 3 is 2.86 bits per heavy atom. The molecule has 1 atom stereocenters. The van der Waals surface area contributed by atoms with Crippen molar-refractivity contribution < 1.29 is 4.74 Å². The molecule has 0 saturated carbocycles. The highest BCUT2D eigenvalue weighted by molar-refractivity contribution is 5.56. The van der Waals surface area contributed by atoms with Crippen LogP contribution >= 0.6 is 0 Å². The van der Waals surface area contributed by atoms with Gasteiger partial charge in [0.25, 0.3) is 0 Å². The number of likely N-dealkylation sites (N-methyl/N-ethyl adjacent to an activating group) is 1. The van der Waals surface area contributed by atoms with E-state index in [1.165, 1.54) is 11.1 Å². The normalized spacial score (nSPS) is 16.4. The molecule has 3 rings (SSSR count). The summed E-state index contributed by atoms with van der Waals surface area (Å²) in [5.41, 5.74) is 10.5. The second-order valence-corrected chi connectivity index (χ2v) is 5.69. The van der Waals surface area contributed by atoms with Crippen molar-refractivity contribution in [1.29, 1.82) is 0 Å². The molecule has 0 fully saturated rings. The molecule has 21 heavy (non-hydrogen) atoms. The van der Waals surface area contributed by atoms with Gasteiger partial charge in [0.2, 0.25) is 0 Å². The third-order valence-electron chi connectivity index (χ3n) is 4.00. The number of nitrogens with two attached hydrogens (primary N) is 1. The zero-order chi connectivity index (χ0) is 14.8. The fourth-order valence-electron chi connectivity index (χ4n) is 2.94. The second kappa shape index (κ2) is 5.68. The first kappa shape index (κ1) is 13.8. The molecule has 3 nitrogen and oxygen atoms in total. The van der Waals surface area contributed by atoms with Crippen LogP contribution in [-0.2, 0) is 6.42 Å². The Bertz CT molecular complexity index is 639. The van der Waals surface area contributed by atoms with E-state index in [9.17, 15) is 0 Å². The van der Waals surface area contributed by atoms with Crippen molar-refractivity contribution in [3.05, 3.63) is 53.6 Å². The topological polar surface area (TPSA) is 38.5 Å². The van der Waals surface area contributed by atoms with E-state index < -0.39 is 0 Å². The molecule has 3 heteroatoms. The van der Waals surface area contributed by atoms with Crippen LogP contribution in [0.3, 0.4) is 0 Å². The maximum absolute atomic E-state index is 6.07. The van der Waals surface area contributed by atoms with E-state index in [2.05, 4.69) is 43.0 Å². The maximum atomic E-state index is 6.07. The van der Waals surface area contributed by atoms with Gasteiger partial charge in [0, 0.05) is 24.3 Å². The molecule has 1 unspecified atom stereocenters. The zero-order valence-electron chi connectivity index (χ0n) is 12.7. The van der Waals surface area contributed by atoms with Crippen LogP contribution in [0.15, 0.2) is 42.5 Å². The van der Waals surface area contributed by atoms with Gasteiger partial charge in [-0.3, -0.25) is 0 Å². The number of nitrogen functional groups attached to an aromatic ring is 1. The highest BCUT2D eigenvalue weighted by Crippen LogP contribution is 2.30. The summed E-state index contributed by atoms with van der Waals surface area (Å²) >= 11 is 0. The maximum Gasteiger partial charge on any atom is 0.123 e. The molecular formula is C18H22N2O. The number of aryl methyl sites for hydroxylation is 1. The first-order valence-corrected chi connectivity index (χ1v) is 7.52. The van der Waals surface area contributed by atoms with Crippen molar-refractivity contribution in [1.82, 2.24) is 0 Å². The highest BCUT2D eigenvalue weighted by Gasteiger charge is 2.24. The van der Waals surface area contributed by atoms with E-state index >= 15 is 0 Å². The molecule has 2 N–H and O–H groups in total. The van der Waals surface area contributed by atoms with Crippen molar-refractivity contribution in [3.63, 3.8) is 0 Å². The average molecular weight is 282 g/mol. The standard InChI is InChI=1S/C18H22N2O/c1-3-20(16-6-4-5-15(19)11-16)12-17-10-14-9-13(2)7-8-18(14)21-17/h4-9,11,17H,3,10,12,19H2,1-2H3. The largest absolute Gasteiger partial charge is 0.488 e. The number of anilines is 2. The summed E-state index contributed by atoms with van der Waals surface area (Å²) in [5, 5.41) is 0. The molecule has 0 saturated heterocycles. The monoisotopic (exact) mass is 282 g/mol. The van der Waals surface area contributed by atoms with Crippen LogP contribution in [0.2, 0.25) is 0 Å². The molecule has 0 aromatic heterocycles. The lowest BCUT2D eigenvalue weighted by molar-refractivity contribution is 0.237. The van der Waals surface area contributed by atoms with Gasteiger partial charge in [-0.05, 0) is 43.7 Å². The minimum absolute atomic E-state index is 0.211. The van der Waals surface area contributed by atoms with Gasteiger partial charge in [0.1, 0.15) is 11.9 Å². The van der Waals surface area contributed by atoms with E-state index in [1.807, 2.05) is 18.2 Å². The molecule has 2 aromatic carbocycles. The fraction of sp³-hybridized carbons (Fsp3) is 0.333. The van der Waals surface area contributed by atoms with Crippen LogP contribution in [-0.4, -0.2) is 19.2 Å². The Hall–Kier alpha value is -2.16. The molecule has 2 aromatic rings. The lowest BCUT2D eigenvalue weighted by atomic mass is 10.1. The smallest absolute Gasteiger partial charge is 0.123 e. The molecule has 0 radical (unpaired) electrons. The predicted molar refractivity (Wildman–Crippen MR) is 88.0 cm³/mol. The second-order valence-electron chi connectivity index (χ2n) is 5.69. The highest BCUT2D eigenvalue weighted by atomic mass is 16.5. The lowest BCUT2D eigenvalue weighted by Crippen LogP contribution is -2.34. The van der Waals surface area contributed by atoms with Crippen LogP contribution in [0, 0.1) is 6.92 Å². The number of benzene rings is 2. The van der Waals surface area contributed by atoms with Crippen LogP contribution in [0.1, 0.15) is 18.1 Å². The third kappa shape index (κ3) is 2.97. The van der Waals surface area contributed by atoms with Crippen LogP contribution in [0.4, 0.5) is 11.4 Å². The Morgan fingerprint density at radius 2 is 2.10 bits per heavy atom. The Balaban J connectivity index is 1.72. The van der Waals surface area contributed by atoms with Gasteiger partial charge in [-0.15, -0.1) is 0 Å². The molecule has 0 bridgehead atoms. The van der Waals surface area contributed by atoms with Crippen molar-refractivity contribution >= 4 is 11.4 Å². The van der Waals surface area contributed by atoms with Crippen LogP contribution in [0.5, 0.6) is 5.75 Å². The van der Waals surface area contributed by atoms with Gasteiger partial charge >= 0.3 is 0 Å². The summed E-state index contributed by atoms with van der Waals surface area (Å²) in [6.45, 7) is 6.11. The quantitative estimate of drug-likeness (QED) is 0.873. The summed E-state index contributed by atoms with van der Waals surface area (Å²) in [6, 6.07) is 14.5.